The van der Waals surface area contributed by atoms with Crippen LogP contribution in [0.1, 0.15) is 47.5 Å². The van der Waals surface area contributed by atoms with E-state index in [1.807, 2.05) is 0 Å². The second kappa shape index (κ2) is 5.16. The molecule has 3 atom stereocenters. The van der Waals surface area contributed by atoms with E-state index in [-0.39, 0.29) is 0 Å². The van der Waals surface area contributed by atoms with Gasteiger partial charge in [-0.1, -0.05) is 34.6 Å². The van der Waals surface area contributed by atoms with Gasteiger partial charge in [-0.15, -0.1) is 0 Å². The first kappa shape index (κ1) is 12.0. The van der Waals surface area contributed by atoms with Crippen molar-refractivity contribution in [2.45, 2.75) is 53.5 Å². The van der Waals surface area contributed by atoms with E-state index >= 15 is 0 Å². The van der Waals surface area contributed by atoms with Crippen LogP contribution in [-0.4, -0.2) is 12.6 Å². The third kappa shape index (κ3) is 2.98. The highest BCUT2D eigenvalue weighted by atomic mass is 14.9. The molecule has 1 N–H and O–H groups in total. The fourth-order valence-corrected chi connectivity index (χ4v) is 2.79. The Hall–Kier alpha value is -0.0400. The van der Waals surface area contributed by atoms with E-state index in [1.165, 1.54) is 19.4 Å². The van der Waals surface area contributed by atoms with Crippen LogP contribution < -0.4 is 5.32 Å². The van der Waals surface area contributed by atoms with Crippen LogP contribution in [0.4, 0.5) is 0 Å². The molecular weight excluding hydrogens is 170 g/mol. The van der Waals surface area contributed by atoms with Crippen LogP contribution in [0.3, 0.4) is 0 Å². The van der Waals surface area contributed by atoms with E-state index in [0.29, 0.717) is 0 Å². The highest BCUT2D eigenvalue weighted by Gasteiger charge is 2.30. The van der Waals surface area contributed by atoms with Gasteiger partial charge in [0.05, 0.1) is 0 Å². The Morgan fingerprint density at radius 2 is 1.71 bits per heavy atom. The summed E-state index contributed by atoms with van der Waals surface area (Å²) in [4.78, 5) is 0. The minimum absolute atomic E-state index is 0.736. The van der Waals surface area contributed by atoms with Crippen molar-refractivity contribution in [3.8, 4) is 0 Å². The molecule has 1 fully saturated rings. The summed E-state index contributed by atoms with van der Waals surface area (Å²) in [7, 11) is 0. The first-order chi connectivity index (χ1) is 6.52. The summed E-state index contributed by atoms with van der Waals surface area (Å²) in [6.07, 6.45) is 2.76. The molecule has 1 heteroatoms. The van der Waals surface area contributed by atoms with Crippen LogP contribution in [0.15, 0.2) is 0 Å². The molecule has 0 aromatic rings. The summed E-state index contributed by atoms with van der Waals surface area (Å²) < 4.78 is 0. The molecule has 0 bridgehead atoms. The summed E-state index contributed by atoms with van der Waals surface area (Å²) in [5.74, 6) is 3.36. The van der Waals surface area contributed by atoms with Gasteiger partial charge in [0.1, 0.15) is 0 Å². The monoisotopic (exact) mass is 197 g/mol. The zero-order chi connectivity index (χ0) is 10.7. The first-order valence-electron chi connectivity index (χ1n) is 6.25. The molecule has 1 nitrogen and oxygen atoms in total. The van der Waals surface area contributed by atoms with E-state index in [1.54, 1.807) is 0 Å². The summed E-state index contributed by atoms with van der Waals surface area (Å²) in [5, 5.41) is 3.74. The Balaban J connectivity index is 2.69. The molecule has 0 spiro atoms. The molecule has 0 radical (unpaired) electrons. The Labute approximate surface area is 89.7 Å². The molecule has 0 aliphatic carbocycles. The number of nitrogens with one attached hydrogen (secondary N) is 1. The highest BCUT2D eigenvalue weighted by Crippen LogP contribution is 2.30. The number of rotatable bonds is 2. The van der Waals surface area contributed by atoms with E-state index in [2.05, 4.69) is 39.9 Å². The van der Waals surface area contributed by atoms with E-state index in [0.717, 1.165) is 29.7 Å². The molecule has 3 unspecified atom stereocenters. The fraction of sp³-hybridized carbons (Fsp3) is 1.00. The zero-order valence-corrected chi connectivity index (χ0v) is 10.5. The van der Waals surface area contributed by atoms with Gasteiger partial charge in [0, 0.05) is 6.04 Å². The average molecular weight is 197 g/mol. The van der Waals surface area contributed by atoms with Gasteiger partial charge in [-0.2, -0.15) is 0 Å². The normalized spacial score (nSPS) is 34.9. The summed E-state index contributed by atoms with van der Waals surface area (Å²) >= 11 is 0. The molecule has 1 heterocycles. The Bertz CT molecular complexity index is 163. The second-order valence-corrected chi connectivity index (χ2v) is 5.76. The van der Waals surface area contributed by atoms with Crippen molar-refractivity contribution >= 4 is 0 Å². The summed E-state index contributed by atoms with van der Waals surface area (Å²) in [6.45, 7) is 13.1. The van der Waals surface area contributed by atoms with Crippen LogP contribution >= 0.6 is 0 Å². The van der Waals surface area contributed by atoms with Crippen molar-refractivity contribution in [2.75, 3.05) is 6.54 Å². The maximum absolute atomic E-state index is 3.74. The second-order valence-electron chi connectivity index (χ2n) is 5.76. The minimum atomic E-state index is 0.736. The lowest BCUT2D eigenvalue weighted by molar-refractivity contribution is 0.217. The molecular formula is C13H27N. The topological polar surface area (TPSA) is 12.0 Å². The van der Waals surface area contributed by atoms with Gasteiger partial charge in [0.25, 0.3) is 0 Å². The predicted molar refractivity (Wildman–Crippen MR) is 63.4 cm³/mol. The molecule has 1 saturated heterocycles. The zero-order valence-electron chi connectivity index (χ0n) is 10.5. The quantitative estimate of drug-likeness (QED) is 0.716. The molecule has 14 heavy (non-hydrogen) atoms. The maximum Gasteiger partial charge on any atom is 0.0121 e. The Morgan fingerprint density at radius 1 is 1.07 bits per heavy atom. The lowest BCUT2D eigenvalue weighted by atomic mass is 9.78. The van der Waals surface area contributed by atoms with Gasteiger partial charge in [0.2, 0.25) is 0 Å². The fourth-order valence-electron chi connectivity index (χ4n) is 2.79. The van der Waals surface area contributed by atoms with Crippen LogP contribution in [0, 0.1) is 23.7 Å². The summed E-state index contributed by atoms with van der Waals surface area (Å²) in [6, 6.07) is 0.736. The van der Waals surface area contributed by atoms with Crippen LogP contribution in [0.2, 0.25) is 0 Å². The van der Waals surface area contributed by atoms with Gasteiger partial charge < -0.3 is 5.32 Å². The molecule has 0 aromatic heterocycles. The largest absolute Gasteiger partial charge is 0.313 e. The van der Waals surface area contributed by atoms with Crippen LogP contribution in [0.5, 0.6) is 0 Å². The van der Waals surface area contributed by atoms with Gasteiger partial charge >= 0.3 is 0 Å². The van der Waals surface area contributed by atoms with Gasteiger partial charge in [-0.05, 0) is 43.1 Å². The molecule has 1 aliphatic rings. The van der Waals surface area contributed by atoms with Crippen molar-refractivity contribution in [1.82, 2.24) is 5.32 Å². The SMILES string of the molecule is CC1CCNC(C(C)C)C(C(C)C)C1. The minimum Gasteiger partial charge on any atom is -0.313 e. The van der Waals surface area contributed by atoms with Crippen molar-refractivity contribution < 1.29 is 0 Å². The van der Waals surface area contributed by atoms with Gasteiger partial charge in [0.15, 0.2) is 0 Å². The number of hydrogen-bond acceptors (Lipinski definition) is 1. The van der Waals surface area contributed by atoms with Crippen molar-refractivity contribution in [1.29, 1.82) is 0 Å². The van der Waals surface area contributed by atoms with Crippen molar-refractivity contribution in [2.24, 2.45) is 23.7 Å². The third-order valence-corrected chi connectivity index (χ3v) is 3.73. The lowest BCUT2D eigenvalue weighted by Crippen LogP contribution is -2.41. The molecule has 0 amide bonds. The summed E-state index contributed by atoms with van der Waals surface area (Å²) in [5.41, 5.74) is 0. The number of hydrogen-bond donors (Lipinski definition) is 1. The smallest absolute Gasteiger partial charge is 0.0121 e. The molecule has 0 aromatic carbocycles. The molecule has 1 aliphatic heterocycles. The van der Waals surface area contributed by atoms with Gasteiger partial charge in [-0.25, -0.2) is 0 Å². The van der Waals surface area contributed by atoms with Gasteiger partial charge in [-0.3, -0.25) is 0 Å². The average Bonchev–Trinajstić information content (AvgIpc) is 2.26. The van der Waals surface area contributed by atoms with Crippen molar-refractivity contribution in [3.05, 3.63) is 0 Å². The van der Waals surface area contributed by atoms with Crippen molar-refractivity contribution in [3.63, 3.8) is 0 Å². The van der Waals surface area contributed by atoms with Crippen LogP contribution in [0.25, 0.3) is 0 Å². The molecule has 1 rings (SSSR count). The lowest BCUT2D eigenvalue weighted by Gasteiger charge is -2.32. The van der Waals surface area contributed by atoms with Crippen LogP contribution in [-0.2, 0) is 0 Å². The molecule has 84 valence electrons. The van der Waals surface area contributed by atoms with E-state index in [4.69, 9.17) is 0 Å². The van der Waals surface area contributed by atoms with E-state index in [9.17, 15) is 0 Å². The third-order valence-electron chi connectivity index (χ3n) is 3.73. The molecule has 0 saturated carbocycles. The maximum atomic E-state index is 3.74. The van der Waals surface area contributed by atoms with E-state index < -0.39 is 0 Å². The Kier molecular flexibility index (Phi) is 4.43. The standard InChI is InChI=1S/C13H27N/c1-9(2)12-8-11(5)6-7-14-13(12)10(3)4/h9-14H,6-8H2,1-5H3. The Morgan fingerprint density at radius 3 is 2.21 bits per heavy atom. The highest BCUT2D eigenvalue weighted by molar-refractivity contribution is 4.85. The first-order valence-corrected chi connectivity index (χ1v) is 6.25. The predicted octanol–water partition coefficient (Wildman–Crippen LogP) is 3.30.